The Labute approximate surface area is 188 Å². The molecule has 1 saturated heterocycles. The van der Waals surface area contributed by atoms with E-state index in [1.54, 1.807) is 53.7 Å². The minimum Gasteiger partial charge on any atom is -0.497 e. The lowest BCUT2D eigenvalue weighted by atomic mass is 9.88. The number of fused-ring (bicyclic) bond motifs is 1. The van der Waals surface area contributed by atoms with Crippen LogP contribution in [0.3, 0.4) is 0 Å². The number of anilines is 1. The van der Waals surface area contributed by atoms with E-state index in [1.807, 2.05) is 6.07 Å². The molecule has 2 aliphatic heterocycles. The van der Waals surface area contributed by atoms with E-state index in [0.717, 1.165) is 16.7 Å². The lowest BCUT2D eigenvalue weighted by Crippen LogP contribution is -2.52. The Bertz CT molecular complexity index is 1280. The Hall–Kier alpha value is -4.47. The topological polar surface area (TPSA) is 140 Å². The number of rotatable bonds is 5. The summed E-state index contributed by atoms with van der Waals surface area (Å²) in [4.78, 5) is 47.7. The van der Waals surface area contributed by atoms with Crippen molar-refractivity contribution in [3.63, 3.8) is 0 Å². The molecule has 3 aromatic rings. The standard InChI is InChI=1S/C23H20N6O4/c1-33-17-7-4-14-11-29(19(30)18(14)8-17)12-23(20(31)27-22(32)28-23)16-5-2-13(3-6-16)15-9-25-21(24)26-10-15/h2-10H,11-12H2,1H3,(H2,24,25,26)(H2,27,28,31,32)/t23-/m1/s1. The summed E-state index contributed by atoms with van der Waals surface area (Å²) in [5, 5.41) is 5.04. The van der Waals surface area contributed by atoms with Crippen molar-refractivity contribution in [3.8, 4) is 16.9 Å². The molecule has 0 unspecified atom stereocenters. The number of ether oxygens (including phenoxy) is 1. The number of methoxy groups -OCH3 is 1. The molecule has 2 aliphatic rings. The normalized spacial score (nSPS) is 19.3. The minimum absolute atomic E-state index is 0.0231. The zero-order valence-electron chi connectivity index (χ0n) is 17.7. The van der Waals surface area contributed by atoms with E-state index in [4.69, 9.17) is 10.5 Å². The first-order valence-corrected chi connectivity index (χ1v) is 10.2. The summed E-state index contributed by atoms with van der Waals surface area (Å²) in [7, 11) is 1.53. The SMILES string of the molecule is COc1ccc2c(c1)C(=O)N(C[C@]1(c3ccc(-c4cnc(N)nc4)cc3)NC(=O)NC1=O)C2. The van der Waals surface area contributed by atoms with Gasteiger partial charge >= 0.3 is 6.03 Å². The number of carbonyl (C=O) groups is 3. The lowest BCUT2D eigenvalue weighted by molar-refractivity contribution is -0.124. The molecule has 10 nitrogen and oxygen atoms in total. The minimum atomic E-state index is -1.42. The fraction of sp³-hybridized carbons (Fsp3) is 0.174. The first-order valence-electron chi connectivity index (χ1n) is 10.2. The number of nitrogens with two attached hydrogens (primary N) is 1. The highest BCUT2D eigenvalue weighted by atomic mass is 16.5. The van der Waals surface area contributed by atoms with Gasteiger partial charge in [0.05, 0.1) is 13.7 Å². The molecule has 4 amide bonds. The Morgan fingerprint density at radius 2 is 1.79 bits per heavy atom. The predicted octanol–water partition coefficient (Wildman–Crippen LogP) is 1.43. The van der Waals surface area contributed by atoms with E-state index in [0.29, 0.717) is 23.4 Å². The second-order valence-electron chi connectivity index (χ2n) is 7.91. The monoisotopic (exact) mass is 444 g/mol. The maximum Gasteiger partial charge on any atom is 0.322 e. The van der Waals surface area contributed by atoms with Gasteiger partial charge in [-0.1, -0.05) is 30.3 Å². The van der Waals surface area contributed by atoms with Crippen LogP contribution in [-0.4, -0.2) is 46.4 Å². The number of aromatic nitrogens is 2. The maximum absolute atomic E-state index is 13.1. The van der Waals surface area contributed by atoms with Crippen LogP contribution in [-0.2, 0) is 16.9 Å². The number of hydrogen-bond donors (Lipinski definition) is 3. The van der Waals surface area contributed by atoms with Gasteiger partial charge in [0.2, 0.25) is 5.95 Å². The molecule has 0 radical (unpaired) electrons. The molecule has 1 atom stereocenters. The van der Waals surface area contributed by atoms with E-state index >= 15 is 0 Å². The number of benzene rings is 2. The molecule has 5 rings (SSSR count). The van der Waals surface area contributed by atoms with Crippen LogP contribution in [0.15, 0.2) is 54.9 Å². The Morgan fingerprint density at radius 3 is 2.42 bits per heavy atom. The van der Waals surface area contributed by atoms with Gasteiger partial charge in [-0.3, -0.25) is 14.9 Å². The smallest absolute Gasteiger partial charge is 0.322 e. The van der Waals surface area contributed by atoms with Crippen molar-refractivity contribution in [1.29, 1.82) is 0 Å². The molecule has 0 bridgehead atoms. The van der Waals surface area contributed by atoms with E-state index in [1.165, 1.54) is 7.11 Å². The summed E-state index contributed by atoms with van der Waals surface area (Å²) >= 11 is 0. The Balaban J connectivity index is 1.47. The predicted molar refractivity (Wildman–Crippen MR) is 118 cm³/mol. The van der Waals surface area contributed by atoms with Crippen LogP contribution in [0.4, 0.5) is 10.7 Å². The summed E-state index contributed by atoms with van der Waals surface area (Å²) in [5.41, 5.74) is 7.60. The summed E-state index contributed by atoms with van der Waals surface area (Å²) in [6, 6.07) is 11.8. The Kier molecular flexibility index (Phi) is 4.70. The van der Waals surface area contributed by atoms with Crippen molar-refractivity contribution in [2.24, 2.45) is 0 Å². The molecule has 10 heteroatoms. The van der Waals surface area contributed by atoms with Crippen molar-refractivity contribution >= 4 is 23.8 Å². The highest BCUT2D eigenvalue weighted by Gasteiger charge is 2.50. The van der Waals surface area contributed by atoms with Crippen LogP contribution in [0.2, 0.25) is 0 Å². The average molecular weight is 444 g/mol. The Morgan fingerprint density at radius 1 is 1.06 bits per heavy atom. The van der Waals surface area contributed by atoms with Crippen molar-refractivity contribution in [2.45, 2.75) is 12.1 Å². The van der Waals surface area contributed by atoms with Crippen LogP contribution in [0.25, 0.3) is 11.1 Å². The third kappa shape index (κ3) is 3.41. The van der Waals surface area contributed by atoms with Gasteiger partial charge in [0, 0.05) is 30.1 Å². The number of imide groups is 1. The van der Waals surface area contributed by atoms with Gasteiger partial charge in [0.15, 0.2) is 5.54 Å². The quantitative estimate of drug-likeness (QED) is 0.506. The summed E-state index contributed by atoms with van der Waals surface area (Å²) in [5.74, 6) is 0.00615. The number of carbonyl (C=O) groups excluding carboxylic acids is 3. The van der Waals surface area contributed by atoms with Crippen molar-refractivity contribution in [3.05, 3.63) is 71.5 Å². The number of urea groups is 1. The molecule has 2 aromatic carbocycles. The molecule has 3 heterocycles. The first kappa shape index (κ1) is 20.4. The maximum atomic E-state index is 13.1. The van der Waals surface area contributed by atoms with Gasteiger partial charge in [-0.05, 0) is 28.8 Å². The molecule has 1 aromatic heterocycles. The summed E-state index contributed by atoms with van der Waals surface area (Å²) in [6.45, 7) is 0.300. The van der Waals surface area contributed by atoms with Crippen LogP contribution in [0, 0.1) is 0 Å². The molecule has 0 aliphatic carbocycles. The van der Waals surface area contributed by atoms with Gasteiger partial charge < -0.3 is 20.7 Å². The van der Waals surface area contributed by atoms with Crippen molar-refractivity contribution in [1.82, 2.24) is 25.5 Å². The lowest BCUT2D eigenvalue weighted by Gasteiger charge is -2.31. The molecular formula is C23H20N6O4. The summed E-state index contributed by atoms with van der Waals surface area (Å²) < 4.78 is 5.22. The number of nitrogens with one attached hydrogen (secondary N) is 2. The van der Waals surface area contributed by atoms with Crippen molar-refractivity contribution in [2.75, 3.05) is 19.4 Å². The highest BCUT2D eigenvalue weighted by molar-refractivity contribution is 6.08. The molecule has 1 fully saturated rings. The van der Waals surface area contributed by atoms with E-state index in [-0.39, 0.29) is 18.4 Å². The second kappa shape index (κ2) is 7.59. The average Bonchev–Trinajstić information content (AvgIpc) is 3.29. The number of nitrogen functional groups attached to an aromatic ring is 1. The number of nitrogens with zero attached hydrogens (tertiary/aromatic N) is 3. The molecule has 0 saturated carbocycles. The summed E-state index contributed by atoms with van der Waals surface area (Å²) in [6.07, 6.45) is 3.21. The van der Waals surface area contributed by atoms with Crippen LogP contribution in [0.5, 0.6) is 5.75 Å². The number of amides is 4. The first-order chi connectivity index (χ1) is 15.9. The fourth-order valence-corrected chi connectivity index (χ4v) is 4.21. The van der Waals surface area contributed by atoms with Crippen LogP contribution < -0.4 is 21.1 Å². The van der Waals surface area contributed by atoms with Gasteiger partial charge in [0.25, 0.3) is 11.8 Å². The largest absolute Gasteiger partial charge is 0.497 e. The zero-order valence-corrected chi connectivity index (χ0v) is 17.7. The third-order valence-corrected chi connectivity index (χ3v) is 5.95. The van der Waals surface area contributed by atoms with Crippen molar-refractivity contribution < 1.29 is 19.1 Å². The highest BCUT2D eigenvalue weighted by Crippen LogP contribution is 2.33. The molecule has 4 N–H and O–H groups in total. The van der Waals surface area contributed by atoms with E-state index in [2.05, 4.69) is 20.6 Å². The van der Waals surface area contributed by atoms with Crippen LogP contribution in [0.1, 0.15) is 21.5 Å². The molecular weight excluding hydrogens is 424 g/mol. The van der Waals surface area contributed by atoms with E-state index < -0.39 is 17.5 Å². The molecule has 166 valence electrons. The van der Waals surface area contributed by atoms with Gasteiger partial charge in [-0.25, -0.2) is 14.8 Å². The van der Waals surface area contributed by atoms with Gasteiger partial charge in [-0.15, -0.1) is 0 Å². The number of hydrogen-bond acceptors (Lipinski definition) is 7. The molecule has 33 heavy (non-hydrogen) atoms. The second-order valence-corrected chi connectivity index (χ2v) is 7.91. The fourth-order valence-electron chi connectivity index (χ4n) is 4.21. The van der Waals surface area contributed by atoms with Gasteiger partial charge in [0.1, 0.15) is 5.75 Å². The zero-order chi connectivity index (χ0) is 23.2. The van der Waals surface area contributed by atoms with Crippen LogP contribution >= 0.6 is 0 Å². The van der Waals surface area contributed by atoms with E-state index in [9.17, 15) is 14.4 Å². The third-order valence-electron chi connectivity index (χ3n) is 5.95. The van der Waals surface area contributed by atoms with Gasteiger partial charge in [-0.2, -0.15) is 0 Å². The molecule has 0 spiro atoms.